The van der Waals surface area contributed by atoms with Crippen LogP contribution in [-0.2, 0) is 11.3 Å². The number of fused-ring (bicyclic) bond motifs is 1. The Morgan fingerprint density at radius 1 is 1.20 bits per heavy atom. The van der Waals surface area contributed by atoms with Gasteiger partial charge in [-0.05, 0) is 26.3 Å². The molecule has 1 amide bonds. The molecule has 158 valence electrons. The van der Waals surface area contributed by atoms with Crippen molar-refractivity contribution >= 4 is 22.9 Å². The molecule has 1 atom stereocenters. The smallest absolute Gasteiger partial charge is 0.265 e. The largest absolute Gasteiger partial charge is 0.379 e. The summed E-state index contributed by atoms with van der Waals surface area (Å²) in [6.07, 6.45) is 2.81. The van der Waals surface area contributed by atoms with Crippen LogP contribution in [0.25, 0.3) is 5.65 Å². The molecular weight excluding hydrogens is 400 g/mol. The van der Waals surface area contributed by atoms with Crippen molar-refractivity contribution in [2.24, 2.45) is 0 Å². The molecule has 0 unspecified atom stereocenters. The maximum Gasteiger partial charge on any atom is 0.265 e. The summed E-state index contributed by atoms with van der Waals surface area (Å²) in [5.74, 6) is 0.343. The standard InChI is InChI=1S/C21H26N6O2S/c1-14-17(12-25-7-9-29-10-8-25)20-22-5-3-18(27(20)24-14)16-4-6-26(11-16)21(28)19-15(2)23-13-30-19/h3,5,13,16H,4,6-12H2,1-2H3/t16-/m0/s1. The van der Waals surface area contributed by atoms with Gasteiger partial charge < -0.3 is 9.64 Å². The van der Waals surface area contributed by atoms with Gasteiger partial charge in [0.05, 0.1) is 35.8 Å². The highest BCUT2D eigenvalue weighted by Gasteiger charge is 2.31. The van der Waals surface area contributed by atoms with E-state index in [1.54, 1.807) is 5.51 Å². The van der Waals surface area contributed by atoms with Crippen LogP contribution in [0.5, 0.6) is 0 Å². The molecule has 0 spiro atoms. The first kappa shape index (κ1) is 19.6. The Labute approximate surface area is 179 Å². The molecule has 2 saturated heterocycles. The van der Waals surface area contributed by atoms with E-state index in [1.807, 2.05) is 22.5 Å². The minimum atomic E-state index is 0.0902. The Hall–Kier alpha value is -2.36. The van der Waals surface area contributed by atoms with Crippen LogP contribution in [0.15, 0.2) is 17.8 Å². The molecule has 9 heteroatoms. The molecule has 2 aliphatic heterocycles. The number of morpholine rings is 1. The van der Waals surface area contributed by atoms with E-state index in [1.165, 1.54) is 16.9 Å². The van der Waals surface area contributed by atoms with Crippen molar-refractivity contribution in [2.75, 3.05) is 39.4 Å². The molecule has 0 bridgehead atoms. The monoisotopic (exact) mass is 426 g/mol. The molecule has 5 rings (SSSR count). The third-order valence-corrected chi connectivity index (χ3v) is 7.08. The number of rotatable bonds is 4. The summed E-state index contributed by atoms with van der Waals surface area (Å²) in [5, 5.41) is 4.84. The van der Waals surface area contributed by atoms with Crippen molar-refractivity contribution in [2.45, 2.75) is 32.7 Å². The maximum atomic E-state index is 12.9. The van der Waals surface area contributed by atoms with Crippen molar-refractivity contribution < 1.29 is 9.53 Å². The lowest BCUT2D eigenvalue weighted by atomic mass is 10.0. The summed E-state index contributed by atoms with van der Waals surface area (Å²) in [6, 6.07) is 2.05. The fourth-order valence-electron chi connectivity index (χ4n) is 4.43. The number of carbonyl (C=O) groups excluding carboxylic acids is 1. The summed E-state index contributed by atoms with van der Waals surface area (Å²) in [7, 11) is 0. The number of hydrogen-bond acceptors (Lipinski definition) is 7. The van der Waals surface area contributed by atoms with Crippen molar-refractivity contribution in [3.05, 3.63) is 45.3 Å². The molecular formula is C21H26N6O2S. The van der Waals surface area contributed by atoms with Crippen LogP contribution in [0.2, 0.25) is 0 Å². The van der Waals surface area contributed by atoms with Gasteiger partial charge >= 0.3 is 0 Å². The average Bonchev–Trinajstić information content (AvgIpc) is 3.48. The van der Waals surface area contributed by atoms with E-state index in [0.717, 1.165) is 73.4 Å². The van der Waals surface area contributed by atoms with Crippen LogP contribution < -0.4 is 0 Å². The molecule has 3 aromatic heterocycles. The third-order valence-electron chi connectivity index (χ3n) is 6.16. The van der Waals surface area contributed by atoms with E-state index >= 15 is 0 Å². The lowest BCUT2D eigenvalue weighted by Crippen LogP contribution is -2.35. The Kier molecular flexibility index (Phi) is 5.26. The van der Waals surface area contributed by atoms with Crippen molar-refractivity contribution in [1.29, 1.82) is 0 Å². The normalized spacial score (nSPS) is 20.3. The third kappa shape index (κ3) is 3.51. The van der Waals surface area contributed by atoms with Crippen LogP contribution in [-0.4, -0.2) is 74.7 Å². The maximum absolute atomic E-state index is 12.9. The first-order chi connectivity index (χ1) is 14.6. The van der Waals surface area contributed by atoms with Crippen LogP contribution >= 0.6 is 11.3 Å². The van der Waals surface area contributed by atoms with Gasteiger partial charge in [0.2, 0.25) is 0 Å². The number of hydrogen-bond donors (Lipinski definition) is 0. The molecule has 8 nitrogen and oxygen atoms in total. The lowest BCUT2D eigenvalue weighted by molar-refractivity contribution is 0.0342. The number of ether oxygens (including phenoxy) is 1. The minimum Gasteiger partial charge on any atom is -0.379 e. The first-order valence-electron chi connectivity index (χ1n) is 10.4. The average molecular weight is 427 g/mol. The van der Waals surface area contributed by atoms with Gasteiger partial charge in [-0.1, -0.05) is 0 Å². The zero-order valence-electron chi connectivity index (χ0n) is 17.4. The molecule has 0 N–H and O–H groups in total. The van der Waals surface area contributed by atoms with E-state index in [-0.39, 0.29) is 11.8 Å². The molecule has 0 aromatic carbocycles. The van der Waals surface area contributed by atoms with E-state index in [9.17, 15) is 4.79 Å². The summed E-state index contributed by atoms with van der Waals surface area (Å²) in [4.78, 5) is 26.9. The highest BCUT2D eigenvalue weighted by atomic mass is 32.1. The van der Waals surface area contributed by atoms with E-state index in [0.29, 0.717) is 6.54 Å². The van der Waals surface area contributed by atoms with Crippen molar-refractivity contribution in [1.82, 2.24) is 29.4 Å². The SMILES string of the molecule is Cc1ncsc1C(=O)N1CC[C@H](c2ccnc3c(CN4CCOCC4)c(C)nn23)C1. The van der Waals surface area contributed by atoms with Crippen LogP contribution in [0.3, 0.4) is 0 Å². The quantitative estimate of drug-likeness (QED) is 0.637. The van der Waals surface area contributed by atoms with Crippen LogP contribution in [0.4, 0.5) is 0 Å². The second kappa shape index (κ2) is 8.05. The molecule has 3 aromatic rings. The molecule has 30 heavy (non-hydrogen) atoms. The Balaban J connectivity index is 1.39. The van der Waals surface area contributed by atoms with Crippen LogP contribution in [0, 0.1) is 13.8 Å². The topological polar surface area (TPSA) is 75.9 Å². The molecule has 0 radical (unpaired) electrons. The molecule has 0 aliphatic carbocycles. The zero-order valence-corrected chi connectivity index (χ0v) is 18.2. The number of likely N-dealkylation sites (tertiary alicyclic amines) is 1. The number of amides is 1. The van der Waals surface area contributed by atoms with Gasteiger partial charge in [-0.25, -0.2) is 14.5 Å². The van der Waals surface area contributed by atoms with Gasteiger partial charge in [0, 0.05) is 50.4 Å². The van der Waals surface area contributed by atoms with Crippen molar-refractivity contribution in [3.63, 3.8) is 0 Å². The highest BCUT2D eigenvalue weighted by molar-refractivity contribution is 7.11. The number of aryl methyl sites for hydroxylation is 2. The van der Waals surface area contributed by atoms with Gasteiger partial charge in [0.25, 0.3) is 5.91 Å². The number of thiazole rings is 1. The predicted molar refractivity (Wildman–Crippen MR) is 114 cm³/mol. The second-order valence-electron chi connectivity index (χ2n) is 8.06. The molecule has 2 aliphatic rings. The molecule has 5 heterocycles. The Bertz CT molecular complexity index is 1070. The van der Waals surface area contributed by atoms with Gasteiger partial charge in [-0.3, -0.25) is 9.69 Å². The molecule has 2 fully saturated rings. The Morgan fingerprint density at radius 3 is 2.80 bits per heavy atom. The van der Waals surface area contributed by atoms with Gasteiger partial charge in [0.15, 0.2) is 5.65 Å². The Morgan fingerprint density at radius 2 is 2.03 bits per heavy atom. The fraction of sp³-hybridized carbons (Fsp3) is 0.524. The van der Waals surface area contributed by atoms with Gasteiger partial charge in [0.1, 0.15) is 4.88 Å². The van der Waals surface area contributed by atoms with E-state index in [4.69, 9.17) is 9.84 Å². The van der Waals surface area contributed by atoms with Crippen molar-refractivity contribution in [3.8, 4) is 0 Å². The first-order valence-corrected chi connectivity index (χ1v) is 11.3. The summed E-state index contributed by atoms with van der Waals surface area (Å²) < 4.78 is 7.47. The summed E-state index contributed by atoms with van der Waals surface area (Å²) in [5.41, 5.74) is 6.82. The van der Waals surface area contributed by atoms with Crippen LogP contribution in [0.1, 0.15) is 44.7 Å². The number of nitrogens with zero attached hydrogens (tertiary/aromatic N) is 6. The zero-order chi connectivity index (χ0) is 20.7. The summed E-state index contributed by atoms with van der Waals surface area (Å²) >= 11 is 1.42. The highest BCUT2D eigenvalue weighted by Crippen LogP contribution is 2.30. The van der Waals surface area contributed by atoms with Gasteiger partial charge in [-0.15, -0.1) is 11.3 Å². The van der Waals surface area contributed by atoms with E-state index < -0.39 is 0 Å². The van der Waals surface area contributed by atoms with E-state index in [2.05, 4.69) is 27.9 Å². The van der Waals surface area contributed by atoms with Gasteiger partial charge in [-0.2, -0.15) is 5.10 Å². The minimum absolute atomic E-state index is 0.0902. The molecule has 0 saturated carbocycles. The number of carbonyl (C=O) groups is 1. The number of aromatic nitrogens is 4. The summed E-state index contributed by atoms with van der Waals surface area (Å²) in [6.45, 7) is 9.69. The lowest BCUT2D eigenvalue weighted by Gasteiger charge is -2.26. The second-order valence-corrected chi connectivity index (χ2v) is 8.92. The fourth-order valence-corrected chi connectivity index (χ4v) is 5.20. The predicted octanol–water partition coefficient (Wildman–Crippen LogP) is 2.26.